The molecular weight excluding hydrogens is 269 g/mol. The summed E-state index contributed by atoms with van der Waals surface area (Å²) in [5.41, 5.74) is 5.95. The van der Waals surface area contributed by atoms with Crippen LogP contribution in [0.5, 0.6) is 0 Å². The van der Waals surface area contributed by atoms with Gasteiger partial charge in [-0.25, -0.2) is 4.39 Å². The maximum absolute atomic E-state index is 12.8. The first kappa shape index (κ1) is 14.2. The summed E-state index contributed by atoms with van der Waals surface area (Å²) in [7, 11) is -3.59. The zero-order valence-electron chi connectivity index (χ0n) is 10.5. The van der Waals surface area contributed by atoms with Crippen molar-refractivity contribution in [2.75, 3.05) is 24.4 Å². The fourth-order valence-electron chi connectivity index (χ4n) is 2.17. The monoisotopic (exact) mass is 287 g/mol. The van der Waals surface area contributed by atoms with Gasteiger partial charge >= 0.3 is 10.2 Å². The predicted octanol–water partition coefficient (Wildman–Crippen LogP) is 1.15. The molecule has 1 unspecified atom stereocenters. The van der Waals surface area contributed by atoms with Gasteiger partial charge in [-0.15, -0.1) is 0 Å². The number of nitrogens with zero attached hydrogens (tertiary/aromatic N) is 1. The summed E-state index contributed by atoms with van der Waals surface area (Å²) in [6.07, 6.45) is 1.77. The second-order valence-corrected chi connectivity index (χ2v) is 6.39. The molecule has 2 rings (SSSR count). The Morgan fingerprint density at radius 1 is 1.37 bits per heavy atom. The lowest BCUT2D eigenvalue weighted by Crippen LogP contribution is -2.44. The summed E-state index contributed by atoms with van der Waals surface area (Å²) in [6, 6.07) is 5.24. The third-order valence-electron chi connectivity index (χ3n) is 3.25. The van der Waals surface area contributed by atoms with Crippen molar-refractivity contribution in [3.63, 3.8) is 0 Å². The lowest BCUT2D eigenvalue weighted by atomic mass is 10.0. The minimum absolute atomic E-state index is 0.207. The van der Waals surface area contributed by atoms with Crippen LogP contribution in [0.25, 0.3) is 0 Å². The van der Waals surface area contributed by atoms with Gasteiger partial charge in [0, 0.05) is 18.8 Å². The van der Waals surface area contributed by atoms with Gasteiger partial charge in [0.15, 0.2) is 0 Å². The van der Waals surface area contributed by atoms with Crippen LogP contribution in [0, 0.1) is 11.7 Å². The normalized spacial score (nSPS) is 21.3. The quantitative estimate of drug-likeness (QED) is 0.872. The molecule has 0 saturated carbocycles. The van der Waals surface area contributed by atoms with Gasteiger partial charge in [0.25, 0.3) is 0 Å². The standard InChI is InChI=1S/C12H18FN3O2S/c13-11-3-5-12(6-4-11)15-19(17,18)16-7-1-2-10(8-14)9-16/h3-6,10,15H,1-2,7-9,14H2. The molecule has 1 aliphatic rings. The number of piperidine rings is 1. The van der Waals surface area contributed by atoms with Crippen LogP contribution in [0.15, 0.2) is 24.3 Å². The molecule has 1 fully saturated rings. The van der Waals surface area contributed by atoms with Gasteiger partial charge in [-0.05, 0) is 49.6 Å². The van der Waals surface area contributed by atoms with E-state index >= 15 is 0 Å². The molecule has 5 nitrogen and oxygen atoms in total. The highest BCUT2D eigenvalue weighted by atomic mass is 32.2. The van der Waals surface area contributed by atoms with Crippen LogP contribution < -0.4 is 10.5 Å². The maximum atomic E-state index is 12.8. The maximum Gasteiger partial charge on any atom is 0.301 e. The highest BCUT2D eigenvalue weighted by molar-refractivity contribution is 7.90. The number of halogens is 1. The minimum atomic E-state index is -3.59. The summed E-state index contributed by atoms with van der Waals surface area (Å²) in [5, 5.41) is 0. The number of rotatable bonds is 4. The molecule has 0 amide bonds. The molecule has 0 bridgehead atoms. The zero-order chi connectivity index (χ0) is 13.9. The van der Waals surface area contributed by atoms with Gasteiger partial charge in [-0.3, -0.25) is 4.72 Å². The predicted molar refractivity (Wildman–Crippen MR) is 72.3 cm³/mol. The summed E-state index contributed by atoms with van der Waals surface area (Å²) in [4.78, 5) is 0. The van der Waals surface area contributed by atoms with E-state index in [1.807, 2.05) is 0 Å². The van der Waals surface area contributed by atoms with E-state index in [1.165, 1.54) is 28.6 Å². The molecule has 1 aromatic rings. The summed E-state index contributed by atoms with van der Waals surface area (Å²) >= 11 is 0. The van der Waals surface area contributed by atoms with Gasteiger partial charge in [-0.2, -0.15) is 12.7 Å². The second-order valence-electron chi connectivity index (χ2n) is 4.72. The van der Waals surface area contributed by atoms with Gasteiger partial charge in [0.1, 0.15) is 5.82 Å². The Balaban J connectivity index is 2.07. The van der Waals surface area contributed by atoms with E-state index in [-0.39, 0.29) is 5.92 Å². The van der Waals surface area contributed by atoms with Crippen LogP contribution in [0.1, 0.15) is 12.8 Å². The molecule has 106 valence electrons. The van der Waals surface area contributed by atoms with E-state index in [4.69, 9.17) is 5.73 Å². The first-order chi connectivity index (χ1) is 9.01. The molecule has 1 aromatic carbocycles. The molecule has 0 aromatic heterocycles. The van der Waals surface area contributed by atoms with E-state index in [9.17, 15) is 12.8 Å². The lowest BCUT2D eigenvalue weighted by molar-refractivity contribution is 0.273. The third kappa shape index (κ3) is 3.65. The Bertz CT molecular complexity index is 518. The highest BCUT2D eigenvalue weighted by Gasteiger charge is 2.28. The average Bonchev–Trinajstić information content (AvgIpc) is 2.41. The molecule has 7 heteroatoms. The van der Waals surface area contributed by atoms with Crippen molar-refractivity contribution >= 4 is 15.9 Å². The van der Waals surface area contributed by atoms with Crippen molar-refractivity contribution in [3.05, 3.63) is 30.1 Å². The number of hydrogen-bond donors (Lipinski definition) is 2. The molecule has 0 aliphatic carbocycles. The SMILES string of the molecule is NCC1CCCN(S(=O)(=O)Nc2ccc(F)cc2)C1. The van der Waals surface area contributed by atoms with Crippen LogP contribution >= 0.6 is 0 Å². The van der Waals surface area contributed by atoms with Crippen LogP contribution in [0.4, 0.5) is 10.1 Å². The molecule has 1 atom stereocenters. The van der Waals surface area contributed by atoms with Crippen molar-refractivity contribution in [1.29, 1.82) is 0 Å². The third-order valence-corrected chi connectivity index (χ3v) is 4.75. The first-order valence-corrected chi connectivity index (χ1v) is 7.69. The molecule has 3 N–H and O–H groups in total. The summed E-state index contributed by atoms with van der Waals surface area (Å²) in [5.74, 6) is -0.192. The van der Waals surface area contributed by atoms with E-state index in [0.717, 1.165) is 12.8 Å². The minimum Gasteiger partial charge on any atom is -0.330 e. The van der Waals surface area contributed by atoms with Gasteiger partial charge in [-0.1, -0.05) is 0 Å². The first-order valence-electron chi connectivity index (χ1n) is 6.25. The number of hydrogen-bond acceptors (Lipinski definition) is 3. The average molecular weight is 287 g/mol. The van der Waals surface area contributed by atoms with Crippen LogP contribution in [0.2, 0.25) is 0 Å². The molecule has 0 spiro atoms. The fraction of sp³-hybridized carbons (Fsp3) is 0.500. The van der Waals surface area contributed by atoms with Crippen LogP contribution in [-0.4, -0.2) is 32.4 Å². The van der Waals surface area contributed by atoms with E-state index in [2.05, 4.69) is 4.72 Å². The lowest BCUT2D eigenvalue weighted by Gasteiger charge is -2.31. The van der Waals surface area contributed by atoms with E-state index in [0.29, 0.717) is 25.3 Å². The molecule has 0 radical (unpaired) electrons. The zero-order valence-corrected chi connectivity index (χ0v) is 11.4. The number of anilines is 1. The Kier molecular flexibility index (Phi) is 4.38. The Morgan fingerprint density at radius 2 is 2.05 bits per heavy atom. The van der Waals surface area contributed by atoms with Gasteiger partial charge in [0.05, 0.1) is 0 Å². The Morgan fingerprint density at radius 3 is 2.68 bits per heavy atom. The summed E-state index contributed by atoms with van der Waals surface area (Å²) in [6.45, 7) is 1.42. The van der Waals surface area contributed by atoms with Crippen molar-refractivity contribution in [3.8, 4) is 0 Å². The Hall–Kier alpha value is -1.18. The van der Waals surface area contributed by atoms with E-state index < -0.39 is 16.0 Å². The van der Waals surface area contributed by atoms with Crippen LogP contribution in [-0.2, 0) is 10.2 Å². The second kappa shape index (κ2) is 5.85. The summed E-state index contributed by atoms with van der Waals surface area (Å²) < 4.78 is 41.0. The van der Waals surface area contributed by atoms with Crippen LogP contribution in [0.3, 0.4) is 0 Å². The van der Waals surface area contributed by atoms with E-state index in [1.54, 1.807) is 0 Å². The smallest absolute Gasteiger partial charge is 0.301 e. The molecule has 1 heterocycles. The number of benzene rings is 1. The van der Waals surface area contributed by atoms with Gasteiger partial charge in [0.2, 0.25) is 0 Å². The number of nitrogens with one attached hydrogen (secondary N) is 1. The Labute approximate surface area is 112 Å². The fourth-order valence-corrected chi connectivity index (χ4v) is 3.51. The van der Waals surface area contributed by atoms with Crippen molar-refractivity contribution in [1.82, 2.24) is 4.31 Å². The highest BCUT2D eigenvalue weighted by Crippen LogP contribution is 2.20. The molecule has 1 saturated heterocycles. The van der Waals surface area contributed by atoms with Gasteiger partial charge < -0.3 is 5.73 Å². The molecule has 19 heavy (non-hydrogen) atoms. The molecule has 1 aliphatic heterocycles. The number of nitrogens with two attached hydrogens (primary N) is 1. The largest absolute Gasteiger partial charge is 0.330 e. The van der Waals surface area contributed by atoms with Crippen molar-refractivity contribution < 1.29 is 12.8 Å². The molecular formula is C12H18FN3O2S. The van der Waals surface area contributed by atoms with Crippen molar-refractivity contribution in [2.45, 2.75) is 12.8 Å². The van der Waals surface area contributed by atoms with Crippen molar-refractivity contribution in [2.24, 2.45) is 11.7 Å². The topological polar surface area (TPSA) is 75.4 Å².